The van der Waals surface area contributed by atoms with Gasteiger partial charge in [-0.15, -0.1) is 0 Å². The molecule has 6 nitrogen and oxygen atoms in total. The molecule has 1 atom stereocenters. The zero-order chi connectivity index (χ0) is 14.0. The van der Waals surface area contributed by atoms with Gasteiger partial charge in [0.2, 0.25) is 0 Å². The monoisotopic (exact) mass is 262 g/mol. The molecule has 2 amide bonds. The summed E-state index contributed by atoms with van der Waals surface area (Å²) in [6, 6.07) is 1.52. The molecule has 0 aliphatic carbocycles. The van der Waals surface area contributed by atoms with Crippen molar-refractivity contribution in [2.75, 3.05) is 6.54 Å². The molecule has 1 unspecified atom stereocenters. The summed E-state index contributed by atoms with van der Waals surface area (Å²) in [6.45, 7) is 1.85. The second kappa shape index (κ2) is 5.17. The summed E-state index contributed by atoms with van der Waals surface area (Å²) in [5, 5.41) is 8.76. The maximum Gasteiger partial charge on any atom is 0.306 e. The highest BCUT2D eigenvalue weighted by atomic mass is 16.4. The van der Waals surface area contributed by atoms with E-state index in [9.17, 15) is 14.4 Å². The number of amides is 2. The van der Waals surface area contributed by atoms with Crippen LogP contribution in [0, 0.1) is 5.92 Å². The van der Waals surface area contributed by atoms with Crippen LogP contribution in [-0.4, -0.2) is 39.3 Å². The van der Waals surface area contributed by atoms with Crippen molar-refractivity contribution in [3.8, 4) is 0 Å². The minimum Gasteiger partial charge on any atom is -0.481 e. The Morgan fingerprint density at radius 1 is 1.37 bits per heavy atom. The summed E-state index contributed by atoms with van der Waals surface area (Å²) >= 11 is 0. The molecule has 6 heteroatoms. The highest BCUT2D eigenvalue weighted by Gasteiger charge is 2.35. The summed E-state index contributed by atoms with van der Waals surface area (Å²) in [5.41, 5.74) is 0.685. The number of carbonyl (C=O) groups excluding carboxylic acids is 2. The molecule has 1 aliphatic rings. The second-order valence-electron chi connectivity index (χ2n) is 4.56. The van der Waals surface area contributed by atoms with Crippen molar-refractivity contribution in [1.82, 2.24) is 9.88 Å². The van der Waals surface area contributed by atoms with Gasteiger partial charge in [0.05, 0.1) is 17.0 Å². The molecule has 1 aromatic rings. The lowest BCUT2D eigenvalue weighted by Crippen LogP contribution is -2.31. The van der Waals surface area contributed by atoms with Crippen LogP contribution < -0.4 is 0 Å². The summed E-state index contributed by atoms with van der Waals surface area (Å²) in [7, 11) is 0. The van der Waals surface area contributed by atoms with E-state index in [1.54, 1.807) is 6.92 Å². The van der Waals surface area contributed by atoms with Gasteiger partial charge in [-0.1, -0.05) is 6.92 Å². The molecule has 0 aromatic carbocycles. The Morgan fingerprint density at radius 3 is 2.68 bits per heavy atom. The molecule has 0 radical (unpaired) electrons. The van der Waals surface area contributed by atoms with Crippen LogP contribution in [-0.2, 0) is 4.79 Å². The van der Waals surface area contributed by atoms with E-state index in [4.69, 9.17) is 5.11 Å². The van der Waals surface area contributed by atoms with Gasteiger partial charge in [-0.05, 0) is 18.9 Å². The maximum absolute atomic E-state index is 12.0. The van der Waals surface area contributed by atoms with Gasteiger partial charge in [0, 0.05) is 18.9 Å². The van der Waals surface area contributed by atoms with Crippen molar-refractivity contribution in [3.05, 3.63) is 29.6 Å². The highest BCUT2D eigenvalue weighted by Crippen LogP contribution is 2.22. The summed E-state index contributed by atoms with van der Waals surface area (Å²) in [6.07, 6.45) is 3.77. The van der Waals surface area contributed by atoms with Gasteiger partial charge in [-0.25, -0.2) is 0 Å². The predicted molar refractivity (Wildman–Crippen MR) is 65.6 cm³/mol. The van der Waals surface area contributed by atoms with Gasteiger partial charge < -0.3 is 5.11 Å². The number of carboxylic acid groups (broad SMARTS) is 1. The first-order valence-electron chi connectivity index (χ1n) is 6.05. The molecule has 0 saturated carbocycles. The zero-order valence-electron chi connectivity index (χ0n) is 10.5. The number of imide groups is 1. The molecular formula is C13H14N2O4. The van der Waals surface area contributed by atoms with Crippen molar-refractivity contribution >= 4 is 17.8 Å². The minimum atomic E-state index is -0.869. The van der Waals surface area contributed by atoms with E-state index < -0.39 is 11.9 Å². The van der Waals surface area contributed by atoms with E-state index in [-0.39, 0.29) is 18.4 Å². The van der Waals surface area contributed by atoms with E-state index in [0.717, 1.165) is 4.90 Å². The molecular weight excluding hydrogens is 248 g/mol. The summed E-state index contributed by atoms with van der Waals surface area (Å²) < 4.78 is 0. The Morgan fingerprint density at radius 2 is 2.05 bits per heavy atom. The van der Waals surface area contributed by atoms with Crippen molar-refractivity contribution in [3.63, 3.8) is 0 Å². The Bertz CT molecular complexity index is 506. The van der Waals surface area contributed by atoms with Crippen LogP contribution in [0.3, 0.4) is 0 Å². The molecule has 2 heterocycles. The van der Waals surface area contributed by atoms with Gasteiger partial charge in [-0.2, -0.15) is 0 Å². The second-order valence-corrected chi connectivity index (χ2v) is 4.56. The van der Waals surface area contributed by atoms with Gasteiger partial charge >= 0.3 is 5.97 Å². The highest BCUT2D eigenvalue weighted by molar-refractivity contribution is 6.21. The van der Waals surface area contributed by atoms with Crippen LogP contribution in [0.4, 0.5) is 0 Å². The van der Waals surface area contributed by atoms with Crippen molar-refractivity contribution in [1.29, 1.82) is 0 Å². The normalized spacial score (nSPS) is 15.5. The van der Waals surface area contributed by atoms with Crippen molar-refractivity contribution in [2.24, 2.45) is 5.92 Å². The smallest absolute Gasteiger partial charge is 0.306 e. The van der Waals surface area contributed by atoms with Crippen LogP contribution in [0.1, 0.15) is 40.5 Å². The number of rotatable bonds is 5. The number of fused-ring (bicyclic) bond motifs is 1. The minimum absolute atomic E-state index is 0.240. The molecule has 0 saturated heterocycles. The number of carbonyl (C=O) groups is 3. The first-order chi connectivity index (χ1) is 9.02. The molecule has 100 valence electrons. The summed E-state index contributed by atoms with van der Waals surface area (Å²) in [5.74, 6) is -2.02. The van der Waals surface area contributed by atoms with E-state index in [0.29, 0.717) is 24.0 Å². The molecule has 0 fully saturated rings. The third-order valence-electron chi connectivity index (χ3n) is 3.21. The third-order valence-corrected chi connectivity index (χ3v) is 3.21. The van der Waals surface area contributed by atoms with Crippen LogP contribution in [0.25, 0.3) is 0 Å². The Kier molecular flexibility index (Phi) is 3.59. The zero-order valence-corrected chi connectivity index (χ0v) is 10.5. The van der Waals surface area contributed by atoms with Crippen molar-refractivity contribution in [2.45, 2.75) is 19.8 Å². The van der Waals surface area contributed by atoms with Gasteiger partial charge in [0.15, 0.2) is 0 Å². The number of carboxylic acids is 1. The van der Waals surface area contributed by atoms with Gasteiger partial charge in [0.1, 0.15) is 0 Å². The standard InChI is InChI=1S/C13H14N2O4/c1-8(13(18)19)3-2-6-15-11(16)9-4-5-14-7-10(9)12(15)17/h4-5,7-8H,2-3,6H2,1H3,(H,18,19). The van der Waals surface area contributed by atoms with Gasteiger partial charge in [0.25, 0.3) is 11.8 Å². The summed E-state index contributed by atoms with van der Waals surface area (Å²) in [4.78, 5) is 39.6. The van der Waals surface area contributed by atoms with E-state index >= 15 is 0 Å². The lowest BCUT2D eigenvalue weighted by Gasteiger charge is -2.14. The van der Waals surface area contributed by atoms with E-state index in [2.05, 4.69) is 4.98 Å². The lowest BCUT2D eigenvalue weighted by atomic mass is 10.1. The van der Waals surface area contributed by atoms with Gasteiger partial charge in [-0.3, -0.25) is 24.3 Å². The largest absolute Gasteiger partial charge is 0.481 e. The molecule has 2 rings (SSSR count). The number of nitrogens with zero attached hydrogens (tertiary/aromatic N) is 2. The number of aliphatic carboxylic acids is 1. The lowest BCUT2D eigenvalue weighted by molar-refractivity contribution is -0.141. The molecule has 0 spiro atoms. The average molecular weight is 262 g/mol. The van der Waals surface area contributed by atoms with Crippen LogP contribution in [0.15, 0.2) is 18.5 Å². The first-order valence-corrected chi connectivity index (χ1v) is 6.05. The SMILES string of the molecule is CC(CCCN1C(=O)c2ccncc2C1=O)C(=O)O. The number of aromatic nitrogens is 1. The fourth-order valence-electron chi connectivity index (χ4n) is 2.02. The predicted octanol–water partition coefficient (Wildman–Crippen LogP) is 1.18. The third kappa shape index (κ3) is 2.47. The van der Waals surface area contributed by atoms with Crippen molar-refractivity contribution < 1.29 is 19.5 Å². The first kappa shape index (κ1) is 13.2. The Labute approximate surface area is 110 Å². The van der Waals surface area contributed by atoms with Crippen LogP contribution in [0.5, 0.6) is 0 Å². The fourth-order valence-corrected chi connectivity index (χ4v) is 2.02. The topological polar surface area (TPSA) is 87.6 Å². The molecule has 19 heavy (non-hydrogen) atoms. The quantitative estimate of drug-likeness (QED) is 0.805. The number of pyridine rings is 1. The van der Waals surface area contributed by atoms with E-state index in [1.807, 2.05) is 0 Å². The van der Waals surface area contributed by atoms with Crippen LogP contribution >= 0.6 is 0 Å². The molecule has 1 aliphatic heterocycles. The maximum atomic E-state index is 12.0. The fraction of sp³-hybridized carbons (Fsp3) is 0.385. The number of hydrogen-bond acceptors (Lipinski definition) is 4. The molecule has 1 N–H and O–H groups in total. The molecule has 1 aromatic heterocycles. The van der Waals surface area contributed by atoms with E-state index in [1.165, 1.54) is 18.5 Å². The Balaban J connectivity index is 1.99. The molecule has 0 bridgehead atoms. The number of hydrogen-bond donors (Lipinski definition) is 1. The average Bonchev–Trinajstić information content (AvgIpc) is 2.64. The Hall–Kier alpha value is -2.24. The van der Waals surface area contributed by atoms with Crippen LogP contribution in [0.2, 0.25) is 0 Å².